The Bertz CT molecular complexity index is 344. The Hall–Kier alpha value is -1.30. The molecule has 15 heavy (non-hydrogen) atoms. The molecule has 0 aromatic carbocycles. The number of aromatic nitrogens is 1. The van der Waals surface area contributed by atoms with Crippen molar-refractivity contribution in [3.05, 3.63) is 23.6 Å². The van der Waals surface area contributed by atoms with Crippen molar-refractivity contribution in [3.63, 3.8) is 0 Å². The molecule has 0 aliphatic carbocycles. The number of nitrogens with zero attached hydrogens (tertiary/aromatic N) is 2. The number of rotatable bonds is 4. The molecule has 0 fully saturated rings. The summed E-state index contributed by atoms with van der Waals surface area (Å²) in [7, 11) is 3.61. The lowest BCUT2D eigenvalue weighted by Gasteiger charge is -2.10. The first-order chi connectivity index (χ1) is 7.00. The zero-order valence-corrected chi connectivity index (χ0v) is 8.43. The van der Waals surface area contributed by atoms with E-state index in [1.54, 1.807) is 19.0 Å². The fourth-order valence-electron chi connectivity index (χ4n) is 0.855. The van der Waals surface area contributed by atoms with Gasteiger partial charge < -0.3 is 9.64 Å². The average molecular weight is 220 g/mol. The fourth-order valence-corrected chi connectivity index (χ4v) is 0.855. The lowest BCUT2D eigenvalue weighted by Crippen LogP contribution is -2.20. The number of halogens is 3. The van der Waals surface area contributed by atoms with Gasteiger partial charge in [-0.05, 0) is 14.1 Å². The number of ether oxygens (including phenoxy) is 1. The molecule has 0 amide bonds. The minimum atomic E-state index is -1.36. The summed E-state index contributed by atoms with van der Waals surface area (Å²) in [5.74, 6) is -4.22. The third-order valence-corrected chi connectivity index (χ3v) is 1.63. The number of hydrogen-bond donors (Lipinski definition) is 0. The molecule has 1 rings (SSSR count). The first-order valence-corrected chi connectivity index (χ1v) is 4.29. The van der Waals surface area contributed by atoms with E-state index in [1.165, 1.54) is 0 Å². The number of likely N-dealkylation sites (N-methyl/N-ethyl adjacent to an activating group) is 1. The molecule has 0 atom stereocenters. The van der Waals surface area contributed by atoms with Crippen LogP contribution in [0.1, 0.15) is 0 Å². The highest BCUT2D eigenvalue weighted by Crippen LogP contribution is 2.16. The van der Waals surface area contributed by atoms with E-state index in [9.17, 15) is 13.2 Å². The summed E-state index contributed by atoms with van der Waals surface area (Å²) < 4.78 is 42.9. The zero-order chi connectivity index (χ0) is 11.4. The molecule has 1 aromatic rings. The summed E-state index contributed by atoms with van der Waals surface area (Å²) in [6.07, 6.45) is 0. The Morgan fingerprint density at radius 3 is 2.53 bits per heavy atom. The van der Waals surface area contributed by atoms with Crippen molar-refractivity contribution in [2.45, 2.75) is 0 Å². The maximum atomic E-state index is 12.9. The van der Waals surface area contributed by atoms with Gasteiger partial charge in [0.05, 0.1) is 0 Å². The van der Waals surface area contributed by atoms with Gasteiger partial charge in [-0.15, -0.1) is 0 Å². The molecule has 1 heterocycles. The van der Waals surface area contributed by atoms with Gasteiger partial charge in [-0.1, -0.05) is 0 Å². The van der Waals surface area contributed by atoms with Gasteiger partial charge in [-0.3, -0.25) is 0 Å². The first-order valence-electron chi connectivity index (χ1n) is 4.29. The van der Waals surface area contributed by atoms with Crippen LogP contribution in [-0.4, -0.2) is 37.1 Å². The summed E-state index contributed by atoms with van der Waals surface area (Å²) in [6.45, 7) is 0.683. The number of hydrogen-bond acceptors (Lipinski definition) is 3. The molecule has 0 N–H and O–H groups in total. The van der Waals surface area contributed by atoms with E-state index >= 15 is 0 Å². The maximum Gasteiger partial charge on any atom is 0.253 e. The van der Waals surface area contributed by atoms with Gasteiger partial charge in [0.1, 0.15) is 6.61 Å². The second-order valence-corrected chi connectivity index (χ2v) is 3.20. The van der Waals surface area contributed by atoms with Crippen molar-refractivity contribution in [2.24, 2.45) is 0 Å². The predicted molar refractivity (Wildman–Crippen MR) is 48.2 cm³/mol. The summed E-state index contributed by atoms with van der Waals surface area (Å²) in [6, 6.07) is 0.410. The van der Waals surface area contributed by atoms with Gasteiger partial charge in [0.15, 0.2) is 11.6 Å². The molecule has 0 saturated heterocycles. The van der Waals surface area contributed by atoms with Crippen LogP contribution in [0.5, 0.6) is 5.88 Å². The van der Waals surface area contributed by atoms with Crippen LogP contribution in [0.3, 0.4) is 0 Å². The second-order valence-electron chi connectivity index (χ2n) is 3.20. The first kappa shape index (κ1) is 11.8. The van der Waals surface area contributed by atoms with Crippen LogP contribution in [-0.2, 0) is 0 Å². The number of pyridine rings is 1. The molecule has 3 nitrogen and oxygen atoms in total. The molecule has 0 bridgehead atoms. The van der Waals surface area contributed by atoms with Crippen LogP contribution >= 0.6 is 0 Å². The Morgan fingerprint density at radius 1 is 1.27 bits per heavy atom. The van der Waals surface area contributed by atoms with E-state index in [2.05, 4.69) is 4.98 Å². The quantitative estimate of drug-likeness (QED) is 0.718. The van der Waals surface area contributed by atoms with Crippen molar-refractivity contribution in [1.82, 2.24) is 9.88 Å². The molecule has 84 valence electrons. The lowest BCUT2D eigenvalue weighted by atomic mass is 10.4. The fraction of sp³-hybridized carbons (Fsp3) is 0.444. The summed E-state index contributed by atoms with van der Waals surface area (Å²) in [4.78, 5) is 4.82. The molecule has 0 radical (unpaired) electrons. The highest BCUT2D eigenvalue weighted by Gasteiger charge is 2.12. The Labute approximate surface area is 85.5 Å². The summed E-state index contributed by atoms with van der Waals surface area (Å²) in [5.41, 5.74) is 0. The Balaban J connectivity index is 2.65. The Kier molecular flexibility index (Phi) is 3.90. The minimum Gasteiger partial charge on any atom is -0.474 e. The van der Waals surface area contributed by atoms with Gasteiger partial charge >= 0.3 is 0 Å². The van der Waals surface area contributed by atoms with Crippen LogP contribution in [0.2, 0.25) is 0 Å². The van der Waals surface area contributed by atoms with E-state index in [1.807, 2.05) is 0 Å². The molecular formula is C9H11F3N2O. The van der Waals surface area contributed by atoms with E-state index in [0.29, 0.717) is 12.6 Å². The van der Waals surface area contributed by atoms with Crippen LogP contribution in [0.4, 0.5) is 13.2 Å². The second kappa shape index (κ2) is 4.97. The van der Waals surface area contributed by atoms with Crippen molar-refractivity contribution in [1.29, 1.82) is 0 Å². The highest BCUT2D eigenvalue weighted by atomic mass is 19.2. The van der Waals surface area contributed by atoms with Gasteiger partial charge in [0.25, 0.3) is 11.8 Å². The standard InChI is InChI=1S/C9H11F3N2O/c1-14(2)3-4-15-9-7(11)5-6(10)8(12)13-9/h5H,3-4H2,1-2H3. The SMILES string of the molecule is CN(C)CCOc1nc(F)c(F)cc1F. The molecule has 0 unspecified atom stereocenters. The molecule has 0 spiro atoms. The van der Waals surface area contributed by atoms with E-state index in [-0.39, 0.29) is 6.61 Å². The topological polar surface area (TPSA) is 25.4 Å². The maximum absolute atomic E-state index is 12.9. The van der Waals surface area contributed by atoms with Crippen LogP contribution in [0, 0.1) is 17.6 Å². The van der Waals surface area contributed by atoms with Crippen LogP contribution in [0.25, 0.3) is 0 Å². The van der Waals surface area contributed by atoms with Gasteiger partial charge in [0, 0.05) is 12.6 Å². The van der Waals surface area contributed by atoms with E-state index in [0.717, 1.165) is 0 Å². The van der Waals surface area contributed by atoms with Crippen molar-refractivity contribution >= 4 is 0 Å². The highest BCUT2D eigenvalue weighted by molar-refractivity contribution is 5.15. The molecule has 0 saturated carbocycles. The van der Waals surface area contributed by atoms with Gasteiger partial charge in [-0.2, -0.15) is 9.37 Å². The van der Waals surface area contributed by atoms with E-state index in [4.69, 9.17) is 4.74 Å². The third kappa shape index (κ3) is 3.39. The molecule has 0 aliphatic rings. The normalized spacial score (nSPS) is 10.8. The van der Waals surface area contributed by atoms with Gasteiger partial charge in [0.2, 0.25) is 0 Å². The molecular weight excluding hydrogens is 209 g/mol. The third-order valence-electron chi connectivity index (χ3n) is 1.63. The van der Waals surface area contributed by atoms with Crippen LogP contribution < -0.4 is 4.74 Å². The zero-order valence-electron chi connectivity index (χ0n) is 8.43. The average Bonchev–Trinajstić information content (AvgIpc) is 2.13. The molecule has 1 aromatic heterocycles. The Morgan fingerprint density at radius 2 is 1.93 bits per heavy atom. The predicted octanol–water partition coefficient (Wildman–Crippen LogP) is 1.44. The van der Waals surface area contributed by atoms with Crippen molar-refractivity contribution in [2.75, 3.05) is 27.2 Å². The smallest absolute Gasteiger partial charge is 0.253 e. The minimum absolute atomic E-state index is 0.155. The van der Waals surface area contributed by atoms with E-state index < -0.39 is 23.5 Å². The van der Waals surface area contributed by atoms with Crippen molar-refractivity contribution in [3.8, 4) is 5.88 Å². The summed E-state index contributed by atoms with van der Waals surface area (Å²) >= 11 is 0. The van der Waals surface area contributed by atoms with Crippen LogP contribution in [0.15, 0.2) is 6.07 Å². The van der Waals surface area contributed by atoms with Gasteiger partial charge in [-0.25, -0.2) is 8.78 Å². The monoisotopic (exact) mass is 220 g/mol. The molecule has 0 aliphatic heterocycles. The lowest BCUT2D eigenvalue weighted by molar-refractivity contribution is 0.239. The molecule has 6 heteroatoms. The largest absolute Gasteiger partial charge is 0.474 e. The van der Waals surface area contributed by atoms with Crippen molar-refractivity contribution < 1.29 is 17.9 Å². The summed E-state index contributed by atoms with van der Waals surface area (Å²) in [5, 5.41) is 0.